The molecule has 0 saturated carbocycles. The molecule has 0 heterocycles. The van der Waals surface area contributed by atoms with Gasteiger partial charge in [-0.05, 0) is 13.8 Å². The van der Waals surface area contributed by atoms with Crippen molar-refractivity contribution in [2.24, 2.45) is 0 Å². The highest BCUT2D eigenvalue weighted by Gasteiger charge is 1.09. The molecule has 0 atom stereocenters. The molecule has 6 heavy (non-hydrogen) atoms. The Hall–Kier alpha value is -0.880. The van der Waals surface area contributed by atoms with Gasteiger partial charge in [-0.2, -0.15) is 0 Å². The van der Waals surface area contributed by atoms with Crippen LogP contribution in [0, 0.1) is 24.7 Å². The molecule has 0 aliphatic heterocycles. The monoisotopic (exact) mass is 80.1 g/mol. The quantitative estimate of drug-likeness (QED) is 0.384. The van der Waals surface area contributed by atoms with E-state index >= 15 is 0 Å². The van der Waals surface area contributed by atoms with Crippen LogP contribution in [-0.4, -0.2) is 0 Å². The van der Waals surface area contributed by atoms with Gasteiger partial charge in [0, 0.05) is 0 Å². The van der Waals surface area contributed by atoms with Gasteiger partial charge in [0.1, 0.15) is 0 Å². The van der Waals surface area contributed by atoms with Crippen molar-refractivity contribution in [1.82, 2.24) is 0 Å². The van der Waals surface area contributed by atoms with E-state index in [9.17, 15) is 0 Å². The normalized spacial score (nSPS) is 2.67. The Morgan fingerprint density at radius 1 is 1.00 bits per heavy atom. The zero-order valence-corrected chi connectivity index (χ0v) is 4.15. The molecule has 0 heteroatoms. The first-order valence-electron chi connectivity index (χ1n) is 1.58. The van der Waals surface area contributed by atoms with Gasteiger partial charge < -0.3 is 0 Å². The van der Waals surface area contributed by atoms with Gasteiger partial charge in [-0.15, -0.1) is 24.7 Å². The number of rotatable bonds is 0. The highest BCUT2D eigenvalue weighted by atomic mass is 13.2. The van der Waals surface area contributed by atoms with E-state index in [0.717, 1.165) is 0 Å². The maximum atomic E-state index is 4.60. The second kappa shape index (κ2) is 32.0. The molecule has 0 aromatic rings. The fraction of sp³-hybridized carbons (Fsp3) is 0.333. The Balaban J connectivity index is 0. The lowest BCUT2D eigenvalue weighted by atomic mass is 10.9. The van der Waals surface area contributed by atoms with Crippen molar-refractivity contribution in [1.29, 1.82) is 0 Å². The topological polar surface area (TPSA) is 0 Å². The van der Waals surface area contributed by atoms with Gasteiger partial charge in [0.05, 0.1) is 0 Å². The minimum atomic E-state index is 1.65. The van der Waals surface area contributed by atoms with Crippen LogP contribution in [0.25, 0.3) is 0 Å². The molecule has 0 amide bonds. The zero-order valence-electron chi connectivity index (χ0n) is 4.15. The summed E-state index contributed by atoms with van der Waals surface area (Å²) < 4.78 is 0. The minimum Gasteiger partial charge on any atom is -0.120 e. The van der Waals surface area contributed by atoms with Crippen molar-refractivity contribution in [2.75, 3.05) is 0 Å². The molecule has 32 valence electrons. The van der Waals surface area contributed by atoms with Gasteiger partial charge in [0.15, 0.2) is 0 Å². The summed E-state index contributed by atoms with van der Waals surface area (Å²) in [7, 11) is 0. The third-order valence-corrected chi connectivity index (χ3v) is 0. The van der Waals surface area contributed by atoms with Crippen LogP contribution in [0.5, 0.6) is 0 Å². The van der Waals surface area contributed by atoms with E-state index < -0.39 is 0 Å². The van der Waals surface area contributed by atoms with E-state index in [0.29, 0.717) is 0 Å². The van der Waals surface area contributed by atoms with Crippen molar-refractivity contribution >= 4 is 0 Å². The Kier molecular flexibility index (Phi) is 47.6. The third kappa shape index (κ3) is 18.1. The fourth-order valence-electron chi connectivity index (χ4n) is 0. The molecule has 0 aliphatic rings. The third-order valence-electron chi connectivity index (χ3n) is 0. The Morgan fingerprint density at radius 3 is 1.00 bits per heavy atom. The largest absolute Gasteiger partial charge is 0.120 e. The van der Waals surface area contributed by atoms with E-state index in [-0.39, 0.29) is 0 Å². The lowest BCUT2D eigenvalue weighted by molar-refractivity contribution is 1.94. The smallest absolute Gasteiger partial charge is 0.00297 e. The highest BCUT2D eigenvalue weighted by molar-refractivity contribution is 4.73. The molecule has 0 fully saturated rings. The van der Waals surface area contributed by atoms with Crippen LogP contribution in [0.3, 0.4) is 0 Å². The van der Waals surface area contributed by atoms with E-state index in [2.05, 4.69) is 24.7 Å². The molecule has 0 unspecified atom stereocenters. The standard InChI is InChI=1S/2C3H4/c2*1-3-2/h2*1H,2H3. The van der Waals surface area contributed by atoms with Gasteiger partial charge in [-0.1, -0.05) is 0 Å². The SMILES string of the molecule is C#CC.C#CC. The average molecular weight is 80.1 g/mol. The molecule has 0 rings (SSSR count). The van der Waals surface area contributed by atoms with Crippen molar-refractivity contribution in [3.8, 4) is 24.7 Å². The van der Waals surface area contributed by atoms with Gasteiger partial charge in [0.25, 0.3) is 0 Å². The van der Waals surface area contributed by atoms with Crippen LogP contribution in [0.15, 0.2) is 0 Å². The zero-order chi connectivity index (χ0) is 5.41. The van der Waals surface area contributed by atoms with Crippen LogP contribution < -0.4 is 0 Å². The summed E-state index contributed by atoms with van der Waals surface area (Å²) in [6, 6.07) is 0. The van der Waals surface area contributed by atoms with E-state index in [1.54, 1.807) is 13.8 Å². The second-order valence-corrected chi connectivity index (χ2v) is 0.577. The highest BCUT2D eigenvalue weighted by Crippen LogP contribution is 1.22. The molecule has 0 radical (unpaired) electrons. The first kappa shape index (κ1) is 8.93. The number of terminal acetylenes is 2. The summed E-state index contributed by atoms with van der Waals surface area (Å²) in [6.07, 6.45) is 9.19. The lowest BCUT2D eigenvalue weighted by Crippen LogP contribution is -1.10. The molecule has 0 aromatic carbocycles. The number of hydrogen-bond acceptors (Lipinski definition) is 0. The Bertz CT molecular complexity index is 55.0. The molecule has 0 aliphatic carbocycles. The molecular formula is C6H8. The lowest BCUT2D eigenvalue weighted by Gasteiger charge is -1.23. The van der Waals surface area contributed by atoms with Gasteiger partial charge in [0.2, 0.25) is 0 Å². The molecule has 0 N–H and O–H groups in total. The van der Waals surface area contributed by atoms with Crippen molar-refractivity contribution in [3.05, 3.63) is 0 Å². The second-order valence-electron chi connectivity index (χ2n) is 0.577. The van der Waals surface area contributed by atoms with Crippen LogP contribution >= 0.6 is 0 Å². The summed E-state index contributed by atoms with van der Waals surface area (Å²) >= 11 is 0. The van der Waals surface area contributed by atoms with Gasteiger partial charge in [-0.25, -0.2) is 0 Å². The molecule has 0 nitrogen and oxygen atoms in total. The van der Waals surface area contributed by atoms with Crippen LogP contribution in [0.1, 0.15) is 13.8 Å². The predicted molar refractivity (Wildman–Crippen MR) is 29.0 cm³/mol. The van der Waals surface area contributed by atoms with Crippen molar-refractivity contribution in [2.45, 2.75) is 13.8 Å². The Labute approximate surface area is 39.6 Å². The summed E-state index contributed by atoms with van der Waals surface area (Å²) in [5.41, 5.74) is 0. The van der Waals surface area contributed by atoms with Crippen molar-refractivity contribution in [3.63, 3.8) is 0 Å². The fourth-order valence-corrected chi connectivity index (χ4v) is 0. The Morgan fingerprint density at radius 2 is 1.00 bits per heavy atom. The van der Waals surface area contributed by atoms with Crippen molar-refractivity contribution < 1.29 is 0 Å². The number of hydrogen-bond donors (Lipinski definition) is 0. The molecule has 0 spiro atoms. The van der Waals surface area contributed by atoms with E-state index in [1.807, 2.05) is 0 Å². The molecule has 0 aromatic heterocycles. The average Bonchev–Trinajstić information content (AvgIpc) is 1.39. The molecular weight excluding hydrogens is 72.1 g/mol. The van der Waals surface area contributed by atoms with Crippen LogP contribution in [0.4, 0.5) is 0 Å². The predicted octanol–water partition coefficient (Wildman–Crippen LogP) is 1.28. The van der Waals surface area contributed by atoms with Gasteiger partial charge in [-0.3, -0.25) is 0 Å². The summed E-state index contributed by atoms with van der Waals surface area (Å²) in [6.45, 7) is 3.31. The summed E-state index contributed by atoms with van der Waals surface area (Å²) in [5.74, 6) is 4.50. The first-order chi connectivity index (χ1) is 2.83. The van der Waals surface area contributed by atoms with Gasteiger partial charge >= 0.3 is 0 Å². The minimum absolute atomic E-state index is 1.65. The van der Waals surface area contributed by atoms with E-state index in [1.165, 1.54) is 0 Å². The molecule has 0 saturated heterocycles. The molecule has 0 bridgehead atoms. The summed E-state index contributed by atoms with van der Waals surface area (Å²) in [5, 5.41) is 0. The van der Waals surface area contributed by atoms with Crippen LogP contribution in [0.2, 0.25) is 0 Å². The van der Waals surface area contributed by atoms with E-state index in [4.69, 9.17) is 0 Å². The van der Waals surface area contributed by atoms with Crippen LogP contribution in [-0.2, 0) is 0 Å². The first-order valence-corrected chi connectivity index (χ1v) is 1.58. The summed E-state index contributed by atoms with van der Waals surface area (Å²) in [4.78, 5) is 0. The maximum Gasteiger partial charge on any atom is -0.00297 e. The maximum absolute atomic E-state index is 4.60.